The van der Waals surface area contributed by atoms with Gasteiger partial charge in [-0.3, -0.25) is 4.79 Å². The van der Waals surface area contributed by atoms with Gasteiger partial charge in [-0.25, -0.2) is 0 Å². The van der Waals surface area contributed by atoms with Gasteiger partial charge >= 0.3 is 0 Å². The van der Waals surface area contributed by atoms with Crippen LogP contribution < -0.4 is 0 Å². The largest absolute Gasteiger partial charge is 0.391 e. The van der Waals surface area contributed by atoms with Gasteiger partial charge in [0.2, 0.25) is 5.91 Å². The Labute approximate surface area is 105 Å². The standard InChI is InChI=1S/C14H16N2O2/c17-12-8-14(18)16(9-12)6-4-10-1-2-13-11(7-10)3-5-15-13/h1-3,5,7,12,15,17H,4,6,8-9H2. The van der Waals surface area contributed by atoms with E-state index in [0.29, 0.717) is 13.1 Å². The van der Waals surface area contributed by atoms with E-state index in [1.807, 2.05) is 12.3 Å². The van der Waals surface area contributed by atoms with Gasteiger partial charge in [0.15, 0.2) is 0 Å². The van der Waals surface area contributed by atoms with Crippen LogP contribution in [-0.2, 0) is 11.2 Å². The third kappa shape index (κ3) is 2.11. The average molecular weight is 244 g/mol. The van der Waals surface area contributed by atoms with Crippen LogP contribution in [-0.4, -0.2) is 40.1 Å². The molecular weight excluding hydrogens is 228 g/mol. The third-order valence-corrected chi connectivity index (χ3v) is 3.48. The predicted molar refractivity (Wildman–Crippen MR) is 69.2 cm³/mol. The molecular formula is C14H16N2O2. The molecule has 1 atom stereocenters. The number of carbonyl (C=O) groups is 1. The molecule has 0 bridgehead atoms. The fraction of sp³-hybridized carbons (Fsp3) is 0.357. The van der Waals surface area contributed by atoms with E-state index < -0.39 is 6.10 Å². The van der Waals surface area contributed by atoms with Crippen molar-refractivity contribution in [2.75, 3.05) is 13.1 Å². The minimum absolute atomic E-state index is 0.0604. The Bertz CT molecular complexity index is 576. The van der Waals surface area contributed by atoms with Crippen molar-refractivity contribution in [2.45, 2.75) is 18.9 Å². The van der Waals surface area contributed by atoms with E-state index in [-0.39, 0.29) is 12.3 Å². The molecule has 1 aromatic carbocycles. The first-order chi connectivity index (χ1) is 8.72. The van der Waals surface area contributed by atoms with Gasteiger partial charge in [0.05, 0.1) is 12.5 Å². The molecule has 0 aliphatic carbocycles. The Balaban J connectivity index is 1.67. The summed E-state index contributed by atoms with van der Waals surface area (Å²) in [5.74, 6) is 0.0604. The number of likely N-dealkylation sites (tertiary alicyclic amines) is 1. The average Bonchev–Trinajstić information content (AvgIpc) is 2.92. The number of aliphatic hydroxyl groups excluding tert-OH is 1. The number of β-amino-alcohol motifs (C(OH)–C–C–N with tert-alkyl or cyclic N) is 1. The second kappa shape index (κ2) is 4.46. The van der Waals surface area contributed by atoms with Crippen LogP contribution in [0.4, 0.5) is 0 Å². The number of nitrogens with one attached hydrogen (secondary N) is 1. The summed E-state index contributed by atoms with van der Waals surface area (Å²) in [5, 5.41) is 10.6. The Kier molecular flexibility index (Phi) is 2.80. The van der Waals surface area contributed by atoms with E-state index in [1.165, 1.54) is 10.9 Å². The zero-order chi connectivity index (χ0) is 12.5. The Hall–Kier alpha value is -1.81. The maximum absolute atomic E-state index is 11.5. The van der Waals surface area contributed by atoms with E-state index in [2.05, 4.69) is 23.2 Å². The molecule has 1 amide bonds. The monoisotopic (exact) mass is 244 g/mol. The van der Waals surface area contributed by atoms with Crippen molar-refractivity contribution in [3.8, 4) is 0 Å². The number of aliphatic hydroxyl groups is 1. The van der Waals surface area contributed by atoms with Crippen molar-refractivity contribution >= 4 is 16.8 Å². The lowest BCUT2D eigenvalue weighted by Gasteiger charge is -2.15. The fourth-order valence-electron chi connectivity index (χ4n) is 2.49. The van der Waals surface area contributed by atoms with Gasteiger partial charge < -0.3 is 15.0 Å². The molecule has 1 aliphatic heterocycles. The summed E-state index contributed by atoms with van der Waals surface area (Å²) in [6.07, 6.45) is 2.55. The molecule has 4 heteroatoms. The fourth-order valence-corrected chi connectivity index (χ4v) is 2.49. The maximum atomic E-state index is 11.5. The number of benzene rings is 1. The lowest BCUT2D eigenvalue weighted by molar-refractivity contribution is -0.127. The van der Waals surface area contributed by atoms with Crippen molar-refractivity contribution in [1.29, 1.82) is 0 Å². The van der Waals surface area contributed by atoms with Crippen molar-refractivity contribution in [3.05, 3.63) is 36.0 Å². The van der Waals surface area contributed by atoms with Gasteiger partial charge in [-0.1, -0.05) is 6.07 Å². The van der Waals surface area contributed by atoms with E-state index in [9.17, 15) is 9.90 Å². The van der Waals surface area contributed by atoms with Crippen LogP contribution >= 0.6 is 0 Å². The van der Waals surface area contributed by atoms with Crippen LogP contribution in [0.2, 0.25) is 0 Å². The Morgan fingerprint density at radius 1 is 1.39 bits per heavy atom. The predicted octanol–water partition coefficient (Wildman–Crippen LogP) is 1.30. The summed E-state index contributed by atoms with van der Waals surface area (Å²) >= 11 is 0. The molecule has 18 heavy (non-hydrogen) atoms. The number of carbonyl (C=O) groups excluding carboxylic acids is 1. The van der Waals surface area contributed by atoms with Crippen molar-refractivity contribution in [1.82, 2.24) is 9.88 Å². The second-order valence-corrected chi connectivity index (χ2v) is 4.85. The number of hydrogen-bond acceptors (Lipinski definition) is 2. The van der Waals surface area contributed by atoms with Crippen LogP contribution in [0, 0.1) is 0 Å². The molecule has 2 N–H and O–H groups in total. The SMILES string of the molecule is O=C1CC(O)CN1CCc1ccc2[nH]ccc2c1. The molecule has 1 aliphatic rings. The quantitative estimate of drug-likeness (QED) is 0.855. The van der Waals surface area contributed by atoms with Crippen molar-refractivity contribution in [2.24, 2.45) is 0 Å². The zero-order valence-corrected chi connectivity index (χ0v) is 10.1. The molecule has 3 rings (SSSR count). The second-order valence-electron chi connectivity index (χ2n) is 4.85. The summed E-state index contributed by atoms with van der Waals surface area (Å²) < 4.78 is 0. The lowest BCUT2D eigenvalue weighted by Crippen LogP contribution is -2.28. The Morgan fingerprint density at radius 3 is 3.06 bits per heavy atom. The number of amides is 1. The molecule has 0 radical (unpaired) electrons. The van der Waals surface area contributed by atoms with Crippen LogP contribution in [0.1, 0.15) is 12.0 Å². The summed E-state index contributed by atoms with van der Waals surface area (Å²) in [4.78, 5) is 16.4. The number of rotatable bonds is 3. The number of nitrogens with zero attached hydrogens (tertiary/aromatic N) is 1. The summed E-state index contributed by atoms with van der Waals surface area (Å²) in [6, 6.07) is 8.33. The smallest absolute Gasteiger partial charge is 0.225 e. The van der Waals surface area contributed by atoms with Gasteiger partial charge in [0.1, 0.15) is 0 Å². The van der Waals surface area contributed by atoms with Gasteiger partial charge in [-0.05, 0) is 35.6 Å². The molecule has 1 unspecified atom stereocenters. The number of H-pyrrole nitrogens is 1. The molecule has 1 aromatic heterocycles. The normalized spacial score (nSPS) is 19.9. The van der Waals surface area contributed by atoms with Crippen LogP contribution in [0.5, 0.6) is 0 Å². The number of fused-ring (bicyclic) bond motifs is 1. The molecule has 4 nitrogen and oxygen atoms in total. The van der Waals surface area contributed by atoms with E-state index in [4.69, 9.17) is 0 Å². The minimum Gasteiger partial charge on any atom is -0.391 e. The molecule has 2 aromatic rings. The molecule has 0 saturated carbocycles. The summed E-state index contributed by atoms with van der Waals surface area (Å²) in [5.41, 5.74) is 2.35. The number of aromatic amines is 1. The van der Waals surface area contributed by atoms with Gasteiger partial charge in [0, 0.05) is 24.8 Å². The number of aromatic nitrogens is 1. The first-order valence-corrected chi connectivity index (χ1v) is 6.24. The van der Waals surface area contributed by atoms with Gasteiger partial charge in [-0.2, -0.15) is 0 Å². The zero-order valence-electron chi connectivity index (χ0n) is 10.1. The third-order valence-electron chi connectivity index (χ3n) is 3.48. The number of hydrogen-bond donors (Lipinski definition) is 2. The highest BCUT2D eigenvalue weighted by atomic mass is 16.3. The molecule has 0 spiro atoms. The first kappa shape index (κ1) is 11.3. The molecule has 1 fully saturated rings. The van der Waals surface area contributed by atoms with Crippen LogP contribution in [0.3, 0.4) is 0 Å². The van der Waals surface area contributed by atoms with Gasteiger partial charge in [0.25, 0.3) is 0 Å². The van der Waals surface area contributed by atoms with Crippen molar-refractivity contribution < 1.29 is 9.90 Å². The highest BCUT2D eigenvalue weighted by molar-refractivity contribution is 5.80. The molecule has 2 heterocycles. The highest BCUT2D eigenvalue weighted by Gasteiger charge is 2.27. The van der Waals surface area contributed by atoms with E-state index in [0.717, 1.165) is 11.9 Å². The van der Waals surface area contributed by atoms with Gasteiger partial charge in [-0.15, -0.1) is 0 Å². The highest BCUT2D eigenvalue weighted by Crippen LogP contribution is 2.16. The molecule has 94 valence electrons. The summed E-state index contributed by atoms with van der Waals surface area (Å²) in [6.45, 7) is 1.16. The van der Waals surface area contributed by atoms with Crippen molar-refractivity contribution in [3.63, 3.8) is 0 Å². The van der Waals surface area contributed by atoms with E-state index in [1.54, 1.807) is 4.90 Å². The van der Waals surface area contributed by atoms with Crippen LogP contribution in [0.25, 0.3) is 10.9 Å². The minimum atomic E-state index is -0.482. The maximum Gasteiger partial charge on any atom is 0.225 e. The van der Waals surface area contributed by atoms with Crippen LogP contribution in [0.15, 0.2) is 30.5 Å². The molecule has 1 saturated heterocycles. The first-order valence-electron chi connectivity index (χ1n) is 6.24. The summed E-state index contributed by atoms with van der Waals surface area (Å²) in [7, 11) is 0. The lowest BCUT2D eigenvalue weighted by atomic mass is 10.1. The topological polar surface area (TPSA) is 56.3 Å². The Morgan fingerprint density at radius 2 is 2.28 bits per heavy atom. The van der Waals surface area contributed by atoms with E-state index >= 15 is 0 Å².